The number of fused-ring (bicyclic) bond motifs is 2. The molecule has 0 atom stereocenters. The fourth-order valence-corrected chi connectivity index (χ4v) is 4.44. The molecule has 2 aromatic heterocycles. The average Bonchev–Trinajstić information content (AvgIpc) is 3.41. The monoisotopic (exact) mass is 484 g/mol. The molecule has 0 aliphatic carbocycles. The van der Waals surface area contributed by atoms with E-state index < -0.39 is 0 Å². The van der Waals surface area contributed by atoms with Crippen LogP contribution in [0.3, 0.4) is 0 Å². The molecule has 0 spiro atoms. The van der Waals surface area contributed by atoms with E-state index >= 15 is 0 Å². The highest BCUT2D eigenvalue weighted by atomic mass is 35.5. The Hall–Kier alpha value is -3.06. The molecule has 0 bridgehead atoms. The SMILES string of the molecule is CN(C)CCCn1cc(C2=C(c3c[nH]c4ccccc34)C(=O)NC2=O)c2ccccc21.Cl.Cl. The van der Waals surface area contributed by atoms with Gasteiger partial charge in [-0.05, 0) is 39.2 Å². The Morgan fingerprint density at radius 2 is 1.48 bits per heavy atom. The number of carbonyl (C=O) groups excluding carboxylic acids is 2. The molecule has 0 saturated heterocycles. The lowest BCUT2D eigenvalue weighted by Crippen LogP contribution is -2.22. The number of H-pyrrole nitrogens is 1. The molecule has 33 heavy (non-hydrogen) atoms. The Balaban J connectivity index is 0.00000153. The number of hydrogen-bond donors (Lipinski definition) is 2. The summed E-state index contributed by atoms with van der Waals surface area (Å²) in [5.41, 5.74) is 4.41. The minimum atomic E-state index is -0.353. The molecule has 1 aliphatic heterocycles. The van der Waals surface area contributed by atoms with Crippen LogP contribution in [0.5, 0.6) is 0 Å². The topological polar surface area (TPSA) is 70.1 Å². The Labute approximate surface area is 204 Å². The van der Waals surface area contributed by atoms with Crippen molar-refractivity contribution in [1.29, 1.82) is 0 Å². The van der Waals surface area contributed by atoms with E-state index in [-0.39, 0.29) is 36.6 Å². The number of aromatic amines is 1. The predicted octanol–water partition coefficient (Wildman–Crippen LogP) is 4.49. The van der Waals surface area contributed by atoms with E-state index in [1.54, 1.807) is 0 Å². The van der Waals surface area contributed by atoms with Crippen molar-refractivity contribution in [3.8, 4) is 0 Å². The van der Waals surface area contributed by atoms with Crippen LogP contribution in [0.15, 0.2) is 60.9 Å². The van der Waals surface area contributed by atoms with Crippen molar-refractivity contribution in [1.82, 2.24) is 19.8 Å². The first-order chi connectivity index (χ1) is 15.0. The lowest BCUT2D eigenvalue weighted by molar-refractivity contribution is -0.122. The van der Waals surface area contributed by atoms with Crippen LogP contribution in [0, 0.1) is 0 Å². The predicted molar refractivity (Wildman–Crippen MR) is 138 cm³/mol. The van der Waals surface area contributed by atoms with Gasteiger partial charge in [-0.3, -0.25) is 14.9 Å². The molecule has 2 N–H and O–H groups in total. The molecule has 0 radical (unpaired) electrons. The standard InChI is InChI=1S/C25H24N4O2.2ClH/c1-28(2)12-7-13-29-15-19(17-9-4-6-11-21(17)29)23-22(24(30)27-25(23)31)18-14-26-20-10-5-3-8-16(18)20;;/h3-6,8-11,14-15,26H,7,12-13H2,1-2H3,(H,27,30,31);2*1H. The van der Waals surface area contributed by atoms with Gasteiger partial charge in [0.25, 0.3) is 11.8 Å². The second kappa shape index (κ2) is 9.83. The van der Waals surface area contributed by atoms with Crippen molar-refractivity contribution in [3.05, 3.63) is 72.1 Å². The van der Waals surface area contributed by atoms with E-state index in [0.29, 0.717) is 11.1 Å². The number of aryl methyl sites for hydroxylation is 1. The fraction of sp³-hybridized carbons (Fsp3) is 0.200. The molecular weight excluding hydrogens is 459 g/mol. The van der Waals surface area contributed by atoms with Gasteiger partial charge < -0.3 is 14.5 Å². The normalized spacial score (nSPS) is 13.5. The molecule has 4 aromatic rings. The van der Waals surface area contributed by atoms with Crippen molar-refractivity contribution in [2.75, 3.05) is 20.6 Å². The zero-order chi connectivity index (χ0) is 21.5. The number of hydrogen-bond acceptors (Lipinski definition) is 3. The summed E-state index contributed by atoms with van der Waals surface area (Å²) in [6.45, 7) is 1.81. The zero-order valence-corrected chi connectivity index (χ0v) is 20.1. The molecule has 2 amide bonds. The molecular formula is C25H26Cl2N4O2. The first-order valence-corrected chi connectivity index (χ1v) is 10.4. The summed E-state index contributed by atoms with van der Waals surface area (Å²) < 4.78 is 2.18. The summed E-state index contributed by atoms with van der Waals surface area (Å²) in [6.07, 6.45) is 4.82. The van der Waals surface area contributed by atoms with Crippen LogP contribution < -0.4 is 5.32 Å². The Bertz CT molecular complexity index is 1370. The summed E-state index contributed by atoms with van der Waals surface area (Å²) in [5, 5.41) is 4.42. The summed E-state index contributed by atoms with van der Waals surface area (Å²) in [5.74, 6) is -0.698. The first kappa shape index (κ1) is 24.6. The number of aromatic nitrogens is 2. The van der Waals surface area contributed by atoms with E-state index in [4.69, 9.17) is 0 Å². The van der Waals surface area contributed by atoms with Crippen molar-refractivity contribution < 1.29 is 9.59 Å². The van der Waals surface area contributed by atoms with Gasteiger partial charge in [0.2, 0.25) is 0 Å². The van der Waals surface area contributed by atoms with Gasteiger partial charge in [0.15, 0.2) is 0 Å². The Morgan fingerprint density at radius 1 is 0.848 bits per heavy atom. The van der Waals surface area contributed by atoms with Crippen molar-refractivity contribution in [3.63, 3.8) is 0 Å². The van der Waals surface area contributed by atoms with E-state index in [1.807, 2.05) is 54.9 Å². The fourth-order valence-electron chi connectivity index (χ4n) is 4.44. The molecule has 172 valence electrons. The van der Waals surface area contributed by atoms with Gasteiger partial charge in [0, 0.05) is 51.9 Å². The number of amides is 2. The molecule has 2 aromatic carbocycles. The zero-order valence-electron chi connectivity index (χ0n) is 18.4. The summed E-state index contributed by atoms with van der Waals surface area (Å²) in [6, 6.07) is 15.9. The first-order valence-electron chi connectivity index (χ1n) is 10.4. The maximum Gasteiger partial charge on any atom is 0.259 e. The van der Waals surface area contributed by atoms with Crippen molar-refractivity contribution in [2.24, 2.45) is 0 Å². The molecule has 1 aliphatic rings. The number of para-hydroxylation sites is 2. The second-order valence-corrected chi connectivity index (χ2v) is 8.19. The molecule has 3 heterocycles. The van der Waals surface area contributed by atoms with Crippen LogP contribution in [-0.2, 0) is 16.1 Å². The van der Waals surface area contributed by atoms with E-state index in [9.17, 15) is 9.59 Å². The molecule has 8 heteroatoms. The number of nitrogens with zero attached hydrogens (tertiary/aromatic N) is 2. The van der Waals surface area contributed by atoms with Crippen LogP contribution in [0.4, 0.5) is 0 Å². The number of halogens is 2. The second-order valence-electron chi connectivity index (χ2n) is 8.19. The molecule has 6 nitrogen and oxygen atoms in total. The minimum Gasteiger partial charge on any atom is -0.361 e. The number of nitrogens with one attached hydrogen (secondary N) is 2. The lowest BCUT2D eigenvalue weighted by Gasteiger charge is -2.10. The average molecular weight is 485 g/mol. The van der Waals surface area contributed by atoms with Crippen LogP contribution in [0.25, 0.3) is 33.0 Å². The maximum absolute atomic E-state index is 13.0. The smallest absolute Gasteiger partial charge is 0.259 e. The van der Waals surface area contributed by atoms with Crippen LogP contribution in [0.2, 0.25) is 0 Å². The number of rotatable bonds is 6. The lowest BCUT2D eigenvalue weighted by atomic mass is 9.95. The van der Waals surface area contributed by atoms with Crippen LogP contribution >= 0.6 is 24.8 Å². The highest BCUT2D eigenvalue weighted by molar-refractivity contribution is 6.50. The molecule has 0 saturated carbocycles. The third kappa shape index (κ3) is 4.29. The summed E-state index contributed by atoms with van der Waals surface area (Å²) in [4.78, 5) is 31.2. The van der Waals surface area contributed by atoms with Gasteiger partial charge in [0.1, 0.15) is 0 Å². The highest BCUT2D eigenvalue weighted by Gasteiger charge is 2.34. The summed E-state index contributed by atoms with van der Waals surface area (Å²) in [7, 11) is 4.12. The third-order valence-corrected chi connectivity index (χ3v) is 5.85. The van der Waals surface area contributed by atoms with Gasteiger partial charge in [0.05, 0.1) is 11.1 Å². The maximum atomic E-state index is 13.0. The van der Waals surface area contributed by atoms with Gasteiger partial charge in [-0.15, -0.1) is 24.8 Å². The number of carbonyl (C=O) groups is 2. The largest absolute Gasteiger partial charge is 0.361 e. The molecule has 0 unspecified atom stereocenters. The Kier molecular flexibility index (Phi) is 7.32. The van der Waals surface area contributed by atoms with Crippen LogP contribution in [0.1, 0.15) is 17.5 Å². The van der Waals surface area contributed by atoms with Gasteiger partial charge in [-0.2, -0.15) is 0 Å². The van der Waals surface area contributed by atoms with E-state index in [1.165, 1.54) is 0 Å². The molecule has 0 fully saturated rings. The van der Waals surface area contributed by atoms with Crippen LogP contribution in [-0.4, -0.2) is 46.9 Å². The minimum absolute atomic E-state index is 0. The van der Waals surface area contributed by atoms with Crippen molar-refractivity contribution >= 4 is 69.6 Å². The van der Waals surface area contributed by atoms with Gasteiger partial charge in [-0.1, -0.05) is 36.4 Å². The number of benzene rings is 2. The van der Waals surface area contributed by atoms with Gasteiger partial charge >= 0.3 is 0 Å². The van der Waals surface area contributed by atoms with Gasteiger partial charge in [-0.25, -0.2) is 0 Å². The molecule has 5 rings (SSSR count). The van der Waals surface area contributed by atoms with E-state index in [2.05, 4.69) is 39.9 Å². The Morgan fingerprint density at radius 3 is 2.21 bits per heavy atom. The van der Waals surface area contributed by atoms with E-state index in [0.717, 1.165) is 52.4 Å². The quantitative estimate of drug-likeness (QED) is 0.396. The third-order valence-electron chi connectivity index (χ3n) is 5.85. The summed E-state index contributed by atoms with van der Waals surface area (Å²) >= 11 is 0. The van der Waals surface area contributed by atoms with Crippen molar-refractivity contribution in [2.45, 2.75) is 13.0 Å². The highest BCUT2D eigenvalue weighted by Crippen LogP contribution is 2.38. The number of imide groups is 1.